The molecule has 0 atom stereocenters. The van der Waals surface area contributed by atoms with Gasteiger partial charge in [0.2, 0.25) is 0 Å². The van der Waals surface area contributed by atoms with E-state index in [1.54, 1.807) is 6.92 Å². The largest absolute Gasteiger partial charge is 0.462 e. The van der Waals surface area contributed by atoms with Crippen LogP contribution in [0.1, 0.15) is 6.92 Å². The molecule has 0 aromatic rings. The van der Waals surface area contributed by atoms with Crippen LogP contribution in [0.15, 0.2) is 12.2 Å². The molecule has 0 bridgehead atoms. The Morgan fingerprint density at radius 1 is 1.38 bits per heavy atom. The van der Waals surface area contributed by atoms with Crippen molar-refractivity contribution in [3.8, 4) is 12.3 Å². The first-order valence-corrected chi connectivity index (χ1v) is 3.60. The molecule has 0 fully saturated rings. The molecule has 0 aliphatic carbocycles. The van der Waals surface area contributed by atoms with E-state index in [0.29, 0.717) is 0 Å². The predicted octanol–water partition coefficient (Wildman–Crippen LogP) is 0.282. The molecule has 0 aliphatic rings. The highest BCUT2D eigenvalue weighted by Gasteiger charge is 2.17. The minimum atomic E-state index is -0.851. The minimum Gasteiger partial charge on any atom is -0.462 e. The lowest BCUT2D eigenvalue weighted by atomic mass is 10.3. The minimum absolute atomic E-state index is 0.181. The molecule has 0 radical (unpaired) electrons. The zero-order chi connectivity index (χ0) is 10.3. The van der Waals surface area contributed by atoms with Crippen LogP contribution >= 0.6 is 0 Å². The van der Waals surface area contributed by atoms with E-state index in [1.807, 2.05) is 0 Å². The van der Waals surface area contributed by atoms with Gasteiger partial charge in [0.05, 0.1) is 6.61 Å². The maximum absolute atomic E-state index is 10.9. The van der Waals surface area contributed by atoms with Crippen LogP contribution in [0.3, 0.4) is 0 Å². The maximum Gasteiger partial charge on any atom is 0.345 e. The first-order valence-electron chi connectivity index (χ1n) is 3.60. The van der Waals surface area contributed by atoms with Gasteiger partial charge >= 0.3 is 11.9 Å². The smallest absolute Gasteiger partial charge is 0.345 e. The van der Waals surface area contributed by atoms with E-state index < -0.39 is 11.9 Å². The fraction of sp³-hybridized carbons (Fsp3) is 0.333. The lowest BCUT2D eigenvalue weighted by molar-refractivity contribution is -0.146. The summed E-state index contributed by atoms with van der Waals surface area (Å²) in [6.45, 7) is 4.83. The van der Waals surface area contributed by atoms with E-state index in [1.165, 1.54) is 0 Å². The third-order valence-electron chi connectivity index (χ3n) is 1.05. The van der Waals surface area contributed by atoms with Gasteiger partial charge in [0, 0.05) is 0 Å². The number of carbonyl (C=O) groups excluding carboxylic acids is 2. The zero-order valence-corrected chi connectivity index (χ0v) is 7.33. The Morgan fingerprint density at radius 2 is 1.92 bits per heavy atom. The number of rotatable bonds is 4. The second-order valence-corrected chi connectivity index (χ2v) is 1.98. The van der Waals surface area contributed by atoms with E-state index in [0.717, 1.165) is 0 Å². The topological polar surface area (TPSA) is 52.6 Å². The first kappa shape index (κ1) is 11.2. The summed E-state index contributed by atoms with van der Waals surface area (Å²) in [6.07, 6.45) is 4.84. The molecular weight excluding hydrogens is 172 g/mol. The molecule has 0 unspecified atom stereocenters. The van der Waals surface area contributed by atoms with Crippen molar-refractivity contribution in [2.45, 2.75) is 6.92 Å². The Labute approximate surface area is 76.5 Å². The average molecular weight is 182 g/mol. The van der Waals surface area contributed by atoms with Gasteiger partial charge in [-0.3, -0.25) is 0 Å². The van der Waals surface area contributed by atoms with Gasteiger partial charge in [-0.15, -0.1) is 6.42 Å². The van der Waals surface area contributed by atoms with E-state index in [2.05, 4.69) is 22.0 Å². The summed E-state index contributed by atoms with van der Waals surface area (Å²) in [6, 6.07) is 0. The number of carbonyl (C=O) groups is 2. The molecule has 0 aromatic heterocycles. The van der Waals surface area contributed by atoms with Crippen molar-refractivity contribution in [3.05, 3.63) is 12.2 Å². The Bertz CT molecular complexity index is 259. The molecule has 0 aliphatic heterocycles. The van der Waals surface area contributed by atoms with Gasteiger partial charge in [-0.25, -0.2) is 9.59 Å². The van der Waals surface area contributed by atoms with Crippen LogP contribution in [0.5, 0.6) is 0 Å². The molecule has 0 saturated heterocycles. The molecule has 70 valence electrons. The molecule has 0 saturated carbocycles. The van der Waals surface area contributed by atoms with Gasteiger partial charge in [0.25, 0.3) is 0 Å². The molecule has 0 heterocycles. The average Bonchev–Trinajstić information content (AvgIpc) is 2.13. The highest BCUT2D eigenvalue weighted by Crippen LogP contribution is 1.97. The third kappa shape index (κ3) is 3.97. The molecule has 0 spiro atoms. The van der Waals surface area contributed by atoms with Gasteiger partial charge in [0.15, 0.2) is 6.61 Å². The van der Waals surface area contributed by atoms with Crippen molar-refractivity contribution < 1.29 is 19.1 Å². The standard InChI is InChI=1S/C9H10O4/c1-4-6-13-9(11)7(3)8(10)12-5-2/h1H,3,5-6H2,2H3. The molecule has 0 amide bonds. The number of hydrogen-bond donors (Lipinski definition) is 0. The van der Waals surface area contributed by atoms with Crippen molar-refractivity contribution in [1.82, 2.24) is 0 Å². The maximum atomic E-state index is 10.9. The summed E-state index contributed by atoms with van der Waals surface area (Å²) in [4.78, 5) is 21.8. The monoisotopic (exact) mass is 182 g/mol. The molecule has 0 aromatic carbocycles. The fourth-order valence-corrected chi connectivity index (χ4v) is 0.496. The Morgan fingerprint density at radius 3 is 2.38 bits per heavy atom. The summed E-state index contributed by atoms with van der Waals surface area (Å²) in [7, 11) is 0. The number of esters is 2. The second-order valence-electron chi connectivity index (χ2n) is 1.98. The highest BCUT2D eigenvalue weighted by molar-refractivity contribution is 6.13. The summed E-state index contributed by atoms with van der Waals surface area (Å²) in [5.74, 6) is 0.450. The Kier molecular flexibility index (Phi) is 5.05. The van der Waals surface area contributed by atoms with Gasteiger partial charge in [-0.2, -0.15) is 0 Å². The van der Waals surface area contributed by atoms with Crippen LogP contribution in [0.2, 0.25) is 0 Å². The zero-order valence-electron chi connectivity index (χ0n) is 7.33. The quantitative estimate of drug-likeness (QED) is 0.206. The van der Waals surface area contributed by atoms with E-state index in [4.69, 9.17) is 6.42 Å². The molecule has 0 rings (SSSR count). The van der Waals surface area contributed by atoms with E-state index in [9.17, 15) is 9.59 Å². The Balaban J connectivity index is 4.04. The number of ether oxygens (including phenoxy) is 2. The van der Waals surface area contributed by atoms with Crippen molar-refractivity contribution in [3.63, 3.8) is 0 Å². The van der Waals surface area contributed by atoms with Crippen LogP contribution in [0, 0.1) is 12.3 Å². The first-order chi connectivity index (χ1) is 6.13. The van der Waals surface area contributed by atoms with Crippen LogP contribution < -0.4 is 0 Å². The van der Waals surface area contributed by atoms with Gasteiger partial charge in [-0.1, -0.05) is 12.5 Å². The van der Waals surface area contributed by atoms with Crippen LogP contribution in [0.25, 0.3) is 0 Å². The number of terminal acetylenes is 1. The number of hydrogen-bond acceptors (Lipinski definition) is 4. The van der Waals surface area contributed by atoms with Gasteiger partial charge < -0.3 is 9.47 Å². The van der Waals surface area contributed by atoms with Crippen molar-refractivity contribution in [2.24, 2.45) is 0 Å². The summed E-state index contributed by atoms with van der Waals surface area (Å²) >= 11 is 0. The lowest BCUT2D eigenvalue weighted by Gasteiger charge is -2.03. The van der Waals surface area contributed by atoms with E-state index >= 15 is 0 Å². The Hall–Kier alpha value is -1.76. The van der Waals surface area contributed by atoms with Gasteiger partial charge in [-0.05, 0) is 6.92 Å². The van der Waals surface area contributed by atoms with Crippen molar-refractivity contribution >= 4 is 11.9 Å². The van der Waals surface area contributed by atoms with E-state index in [-0.39, 0.29) is 18.8 Å². The fourth-order valence-electron chi connectivity index (χ4n) is 0.496. The van der Waals surface area contributed by atoms with Crippen molar-refractivity contribution in [1.29, 1.82) is 0 Å². The SMILES string of the molecule is C#CCOC(=O)C(=C)C(=O)OCC. The lowest BCUT2D eigenvalue weighted by Crippen LogP contribution is -2.17. The summed E-state index contributed by atoms with van der Waals surface area (Å²) < 4.78 is 8.96. The summed E-state index contributed by atoms with van der Waals surface area (Å²) in [5, 5.41) is 0. The second kappa shape index (κ2) is 5.84. The molecule has 4 nitrogen and oxygen atoms in total. The van der Waals surface area contributed by atoms with Gasteiger partial charge in [0.1, 0.15) is 5.57 Å². The normalized spacial score (nSPS) is 8.31. The van der Waals surface area contributed by atoms with Crippen LogP contribution in [-0.2, 0) is 19.1 Å². The van der Waals surface area contributed by atoms with Crippen LogP contribution in [-0.4, -0.2) is 25.2 Å². The van der Waals surface area contributed by atoms with Crippen LogP contribution in [0.4, 0.5) is 0 Å². The molecule has 13 heavy (non-hydrogen) atoms. The summed E-state index contributed by atoms with van der Waals surface area (Å²) in [5.41, 5.74) is -0.350. The predicted molar refractivity (Wildman–Crippen MR) is 45.6 cm³/mol. The molecule has 0 N–H and O–H groups in total. The highest BCUT2D eigenvalue weighted by atomic mass is 16.6. The van der Waals surface area contributed by atoms with Crippen molar-refractivity contribution in [2.75, 3.05) is 13.2 Å². The third-order valence-corrected chi connectivity index (χ3v) is 1.05. The molecular formula is C9H10O4. The molecule has 4 heteroatoms.